The van der Waals surface area contributed by atoms with Crippen LogP contribution in [0.25, 0.3) is 0 Å². The Morgan fingerprint density at radius 3 is 2.96 bits per heavy atom. The van der Waals surface area contributed by atoms with Gasteiger partial charge in [0.05, 0.1) is 12.6 Å². The van der Waals surface area contributed by atoms with E-state index in [1.165, 1.54) is 16.0 Å². The highest BCUT2D eigenvalue weighted by Gasteiger charge is 2.30. The smallest absolute Gasteiger partial charge is 0.240 e. The SMILES string of the molecule is CCCc1noc(CN2CCc3sccc3C2c2ccccc2)n1. The molecular formula is C19H21N3OS. The Balaban J connectivity index is 1.63. The molecule has 0 N–H and O–H groups in total. The second-order valence-corrected chi connectivity index (χ2v) is 7.19. The largest absolute Gasteiger partial charge is 0.338 e. The van der Waals surface area contributed by atoms with Crippen LogP contribution < -0.4 is 0 Å². The van der Waals surface area contributed by atoms with E-state index in [-0.39, 0.29) is 6.04 Å². The summed E-state index contributed by atoms with van der Waals surface area (Å²) in [4.78, 5) is 8.50. The van der Waals surface area contributed by atoms with Crippen molar-refractivity contribution in [2.24, 2.45) is 0 Å². The van der Waals surface area contributed by atoms with E-state index < -0.39 is 0 Å². The van der Waals surface area contributed by atoms with Crippen molar-refractivity contribution < 1.29 is 4.52 Å². The molecule has 1 aromatic carbocycles. The predicted octanol–water partition coefficient (Wildman–Crippen LogP) is 4.23. The highest BCUT2D eigenvalue weighted by atomic mass is 32.1. The van der Waals surface area contributed by atoms with E-state index in [1.54, 1.807) is 0 Å². The normalized spacial score (nSPS) is 17.8. The van der Waals surface area contributed by atoms with Gasteiger partial charge in [0.25, 0.3) is 0 Å². The van der Waals surface area contributed by atoms with Crippen LogP contribution in [0.4, 0.5) is 0 Å². The second kappa shape index (κ2) is 6.87. The van der Waals surface area contributed by atoms with Crippen LogP contribution in [-0.2, 0) is 19.4 Å². The van der Waals surface area contributed by atoms with Gasteiger partial charge in [0.15, 0.2) is 5.82 Å². The maximum absolute atomic E-state index is 5.47. The molecule has 3 heterocycles. The summed E-state index contributed by atoms with van der Waals surface area (Å²) < 4.78 is 5.47. The molecule has 1 unspecified atom stereocenters. The van der Waals surface area contributed by atoms with E-state index >= 15 is 0 Å². The van der Waals surface area contributed by atoms with E-state index in [4.69, 9.17) is 4.52 Å². The molecule has 0 saturated carbocycles. The fourth-order valence-electron chi connectivity index (χ4n) is 3.42. The van der Waals surface area contributed by atoms with Crippen LogP contribution >= 0.6 is 11.3 Å². The Kier molecular flexibility index (Phi) is 4.45. The van der Waals surface area contributed by atoms with Crippen LogP contribution in [0.15, 0.2) is 46.3 Å². The fraction of sp³-hybridized carbons (Fsp3) is 0.368. The zero-order valence-electron chi connectivity index (χ0n) is 13.8. The predicted molar refractivity (Wildman–Crippen MR) is 95.0 cm³/mol. The van der Waals surface area contributed by atoms with Crippen LogP contribution in [0, 0.1) is 0 Å². The third-order valence-electron chi connectivity index (χ3n) is 4.50. The summed E-state index contributed by atoms with van der Waals surface area (Å²) in [5.41, 5.74) is 2.75. The number of aryl methyl sites for hydroxylation is 1. The Morgan fingerprint density at radius 1 is 1.25 bits per heavy atom. The highest BCUT2D eigenvalue weighted by Crippen LogP contribution is 2.38. The van der Waals surface area contributed by atoms with Crippen molar-refractivity contribution in [3.8, 4) is 0 Å². The van der Waals surface area contributed by atoms with Gasteiger partial charge in [-0.05, 0) is 35.4 Å². The average molecular weight is 339 g/mol. The summed E-state index contributed by atoms with van der Waals surface area (Å²) in [6, 6.07) is 13.2. The molecule has 1 aliphatic heterocycles. The number of benzene rings is 1. The average Bonchev–Trinajstić information content (AvgIpc) is 3.25. The standard InChI is InChI=1S/C19H21N3OS/c1-2-6-17-20-18(23-21-17)13-22-11-9-16-15(10-12-24-16)19(22)14-7-4-3-5-8-14/h3-5,7-8,10,12,19H,2,6,9,11,13H2,1H3. The molecule has 4 nitrogen and oxygen atoms in total. The van der Waals surface area contributed by atoms with Gasteiger partial charge in [-0.15, -0.1) is 11.3 Å². The zero-order valence-corrected chi connectivity index (χ0v) is 14.6. The number of thiophene rings is 1. The van der Waals surface area contributed by atoms with Gasteiger partial charge >= 0.3 is 0 Å². The molecule has 1 aliphatic rings. The van der Waals surface area contributed by atoms with Crippen molar-refractivity contribution in [3.05, 3.63) is 69.5 Å². The van der Waals surface area contributed by atoms with Gasteiger partial charge in [0, 0.05) is 17.8 Å². The lowest BCUT2D eigenvalue weighted by Crippen LogP contribution is -2.35. The van der Waals surface area contributed by atoms with E-state index in [0.29, 0.717) is 6.54 Å². The molecule has 0 amide bonds. The summed E-state index contributed by atoms with van der Waals surface area (Å²) in [5, 5.41) is 6.30. The number of aromatic nitrogens is 2. The third-order valence-corrected chi connectivity index (χ3v) is 5.50. The van der Waals surface area contributed by atoms with Crippen molar-refractivity contribution in [2.75, 3.05) is 6.54 Å². The Bertz CT molecular complexity index is 796. The van der Waals surface area contributed by atoms with Crippen molar-refractivity contribution >= 4 is 11.3 Å². The molecule has 4 rings (SSSR count). The van der Waals surface area contributed by atoms with E-state index in [2.05, 4.69) is 63.7 Å². The van der Waals surface area contributed by atoms with Crippen molar-refractivity contribution in [2.45, 2.75) is 38.8 Å². The number of fused-ring (bicyclic) bond motifs is 1. The summed E-state index contributed by atoms with van der Waals surface area (Å²) in [6.07, 6.45) is 3.00. The summed E-state index contributed by atoms with van der Waals surface area (Å²) in [5.74, 6) is 1.54. The molecule has 5 heteroatoms. The quantitative estimate of drug-likeness (QED) is 0.697. The molecular weight excluding hydrogens is 318 g/mol. The minimum Gasteiger partial charge on any atom is -0.338 e. The molecule has 0 spiro atoms. The lowest BCUT2D eigenvalue weighted by atomic mass is 9.93. The Morgan fingerprint density at radius 2 is 2.12 bits per heavy atom. The minimum atomic E-state index is 0.266. The Hall–Kier alpha value is -1.98. The van der Waals surface area contributed by atoms with E-state index in [1.807, 2.05) is 11.3 Å². The first kappa shape index (κ1) is 15.5. The van der Waals surface area contributed by atoms with Crippen LogP contribution in [0.3, 0.4) is 0 Å². The van der Waals surface area contributed by atoms with Gasteiger partial charge in [0.2, 0.25) is 5.89 Å². The van der Waals surface area contributed by atoms with Crippen molar-refractivity contribution in [1.29, 1.82) is 0 Å². The lowest BCUT2D eigenvalue weighted by molar-refractivity contribution is 0.179. The molecule has 0 radical (unpaired) electrons. The molecule has 2 aromatic heterocycles. The Labute approximate surface area is 146 Å². The van der Waals surface area contributed by atoms with Crippen molar-refractivity contribution in [1.82, 2.24) is 15.0 Å². The monoisotopic (exact) mass is 339 g/mol. The molecule has 0 aliphatic carbocycles. The summed E-state index contributed by atoms with van der Waals surface area (Å²) in [7, 11) is 0. The first-order valence-electron chi connectivity index (χ1n) is 8.52. The van der Waals surface area contributed by atoms with Crippen LogP contribution in [0.2, 0.25) is 0 Å². The zero-order chi connectivity index (χ0) is 16.4. The number of hydrogen-bond acceptors (Lipinski definition) is 5. The maximum atomic E-state index is 5.47. The van der Waals surface area contributed by atoms with Crippen molar-refractivity contribution in [3.63, 3.8) is 0 Å². The van der Waals surface area contributed by atoms with Gasteiger partial charge < -0.3 is 4.52 Å². The molecule has 3 aromatic rings. The third kappa shape index (κ3) is 3.01. The number of rotatable bonds is 5. The molecule has 0 fully saturated rings. The van der Waals surface area contributed by atoms with Gasteiger partial charge in [-0.1, -0.05) is 42.4 Å². The van der Waals surface area contributed by atoms with E-state index in [0.717, 1.165) is 37.5 Å². The van der Waals surface area contributed by atoms with Crippen LogP contribution in [-0.4, -0.2) is 21.6 Å². The first-order chi connectivity index (χ1) is 11.8. The van der Waals surface area contributed by atoms with Crippen LogP contribution in [0.1, 0.15) is 47.1 Å². The molecule has 24 heavy (non-hydrogen) atoms. The maximum Gasteiger partial charge on any atom is 0.240 e. The van der Waals surface area contributed by atoms with Gasteiger partial charge in [-0.25, -0.2) is 0 Å². The number of nitrogens with zero attached hydrogens (tertiary/aromatic N) is 3. The topological polar surface area (TPSA) is 42.2 Å². The lowest BCUT2D eigenvalue weighted by Gasteiger charge is -2.35. The molecule has 0 bridgehead atoms. The van der Waals surface area contributed by atoms with Crippen LogP contribution in [0.5, 0.6) is 0 Å². The van der Waals surface area contributed by atoms with E-state index in [9.17, 15) is 0 Å². The van der Waals surface area contributed by atoms with Gasteiger partial charge in [-0.2, -0.15) is 4.98 Å². The molecule has 124 valence electrons. The fourth-order valence-corrected chi connectivity index (χ4v) is 4.32. The number of hydrogen-bond donors (Lipinski definition) is 0. The summed E-state index contributed by atoms with van der Waals surface area (Å²) >= 11 is 1.86. The highest BCUT2D eigenvalue weighted by molar-refractivity contribution is 7.10. The van der Waals surface area contributed by atoms with Gasteiger partial charge in [-0.3, -0.25) is 4.90 Å². The second-order valence-electron chi connectivity index (χ2n) is 6.19. The minimum absolute atomic E-state index is 0.266. The van der Waals surface area contributed by atoms with Gasteiger partial charge in [0.1, 0.15) is 0 Å². The summed E-state index contributed by atoms with van der Waals surface area (Å²) in [6.45, 7) is 3.84. The first-order valence-corrected chi connectivity index (χ1v) is 9.40. The molecule has 1 atom stereocenters. The molecule has 0 saturated heterocycles.